The van der Waals surface area contributed by atoms with Gasteiger partial charge in [0, 0.05) is 23.7 Å². The van der Waals surface area contributed by atoms with E-state index >= 15 is 0 Å². The van der Waals surface area contributed by atoms with Crippen molar-refractivity contribution in [2.75, 3.05) is 10.2 Å². The van der Waals surface area contributed by atoms with Crippen LogP contribution >= 0.6 is 0 Å². The highest BCUT2D eigenvalue weighted by Gasteiger charge is 2.42. The molecule has 0 fully saturated rings. The van der Waals surface area contributed by atoms with E-state index in [1.54, 1.807) is 42.3 Å². The van der Waals surface area contributed by atoms with Crippen LogP contribution in [0.3, 0.4) is 0 Å². The molecule has 0 saturated heterocycles. The van der Waals surface area contributed by atoms with Gasteiger partial charge in [0.15, 0.2) is 5.82 Å². The molecule has 30 heavy (non-hydrogen) atoms. The van der Waals surface area contributed by atoms with Crippen molar-refractivity contribution in [3.05, 3.63) is 83.1 Å². The summed E-state index contributed by atoms with van der Waals surface area (Å²) in [5.74, 6) is -1.99. The van der Waals surface area contributed by atoms with Crippen molar-refractivity contribution in [2.45, 2.75) is 19.1 Å². The third-order valence-corrected chi connectivity index (χ3v) is 5.04. The third kappa shape index (κ3) is 3.20. The predicted molar refractivity (Wildman–Crippen MR) is 107 cm³/mol. The molecule has 3 aromatic rings. The minimum absolute atomic E-state index is 0.0371. The predicted octanol–water partition coefficient (Wildman–Crippen LogP) is 2.78. The van der Waals surface area contributed by atoms with Gasteiger partial charge in [-0.1, -0.05) is 18.2 Å². The molecule has 1 aliphatic rings. The Hall–Kier alpha value is -4.01. The minimum atomic E-state index is -1.17. The summed E-state index contributed by atoms with van der Waals surface area (Å²) >= 11 is 0. The third-order valence-electron chi connectivity index (χ3n) is 5.04. The van der Waals surface area contributed by atoms with E-state index in [0.29, 0.717) is 16.8 Å². The molecule has 4 rings (SSSR count). The second kappa shape index (κ2) is 7.43. The average Bonchev–Trinajstić information content (AvgIpc) is 3.09. The maximum absolute atomic E-state index is 13.5. The fourth-order valence-electron chi connectivity index (χ4n) is 3.71. The number of nitrogens with two attached hydrogens (primary N) is 1. The van der Waals surface area contributed by atoms with Gasteiger partial charge in [0.25, 0.3) is 0 Å². The monoisotopic (exact) mass is 407 g/mol. The van der Waals surface area contributed by atoms with Crippen molar-refractivity contribution in [1.82, 2.24) is 9.97 Å². The number of halogens is 1. The number of benzene rings is 1. The zero-order chi connectivity index (χ0) is 21.4. The van der Waals surface area contributed by atoms with E-state index in [4.69, 9.17) is 5.73 Å². The van der Waals surface area contributed by atoms with Crippen molar-refractivity contribution in [3.8, 4) is 0 Å². The van der Waals surface area contributed by atoms with E-state index in [0.717, 1.165) is 0 Å². The van der Waals surface area contributed by atoms with Crippen molar-refractivity contribution in [2.24, 2.45) is 5.73 Å². The standard InChI is InChI=1S/C21H18FN5O3/c1-11-14(3-2-9-24-11)16(18(23)28)27-17-15(21(29)30)8-10-25-19(17)26-20(27)12-4-6-13(22)7-5-12/h2-10,16,20H,1H3,(H2,23,28)(H,25,26)(H,29,30). The van der Waals surface area contributed by atoms with Gasteiger partial charge in [0.2, 0.25) is 5.91 Å². The van der Waals surface area contributed by atoms with Crippen LogP contribution in [0.25, 0.3) is 0 Å². The smallest absolute Gasteiger partial charge is 0.338 e. The Balaban J connectivity index is 1.96. The van der Waals surface area contributed by atoms with Gasteiger partial charge in [-0.15, -0.1) is 0 Å². The lowest BCUT2D eigenvalue weighted by Gasteiger charge is -2.34. The molecule has 0 saturated carbocycles. The van der Waals surface area contributed by atoms with Crippen LogP contribution in [0.15, 0.2) is 54.9 Å². The number of carbonyl (C=O) groups is 2. The molecule has 2 unspecified atom stereocenters. The summed E-state index contributed by atoms with van der Waals surface area (Å²) < 4.78 is 13.5. The molecule has 8 nitrogen and oxygen atoms in total. The molecule has 9 heteroatoms. The van der Waals surface area contributed by atoms with Crippen LogP contribution in [0.2, 0.25) is 0 Å². The lowest BCUT2D eigenvalue weighted by atomic mass is 10.00. The molecule has 1 aliphatic heterocycles. The highest BCUT2D eigenvalue weighted by Crippen LogP contribution is 2.47. The summed E-state index contributed by atoms with van der Waals surface area (Å²) in [4.78, 5) is 34.6. The maximum atomic E-state index is 13.5. The number of carboxylic acids is 1. The van der Waals surface area contributed by atoms with E-state index < -0.39 is 29.9 Å². The van der Waals surface area contributed by atoms with Gasteiger partial charge in [0.05, 0.1) is 11.3 Å². The van der Waals surface area contributed by atoms with E-state index in [1.165, 1.54) is 24.4 Å². The number of nitrogens with zero attached hydrogens (tertiary/aromatic N) is 3. The van der Waals surface area contributed by atoms with Crippen LogP contribution in [0.5, 0.6) is 0 Å². The zero-order valence-electron chi connectivity index (χ0n) is 15.9. The normalized spacial score (nSPS) is 15.9. The Morgan fingerprint density at radius 2 is 1.90 bits per heavy atom. The van der Waals surface area contributed by atoms with E-state index in [1.807, 2.05) is 0 Å². The highest BCUT2D eigenvalue weighted by atomic mass is 19.1. The fourth-order valence-corrected chi connectivity index (χ4v) is 3.71. The quantitative estimate of drug-likeness (QED) is 0.594. The first-order chi connectivity index (χ1) is 14.4. The second-order valence-electron chi connectivity index (χ2n) is 6.85. The van der Waals surface area contributed by atoms with Crippen molar-refractivity contribution >= 4 is 23.4 Å². The summed E-state index contributed by atoms with van der Waals surface area (Å²) in [6.45, 7) is 1.74. The lowest BCUT2D eigenvalue weighted by Crippen LogP contribution is -2.40. The number of anilines is 2. The number of rotatable bonds is 5. The zero-order valence-corrected chi connectivity index (χ0v) is 15.9. The molecule has 152 valence electrons. The molecule has 0 aliphatic carbocycles. The fraction of sp³-hybridized carbons (Fsp3) is 0.143. The largest absolute Gasteiger partial charge is 0.478 e. The summed E-state index contributed by atoms with van der Waals surface area (Å²) in [5.41, 5.74) is 7.71. The minimum Gasteiger partial charge on any atom is -0.478 e. The number of hydrogen-bond donors (Lipinski definition) is 3. The number of aryl methyl sites for hydroxylation is 1. The molecule has 0 bridgehead atoms. The van der Waals surface area contributed by atoms with Gasteiger partial charge in [-0.2, -0.15) is 0 Å². The Kier molecular flexibility index (Phi) is 4.78. The first-order valence-electron chi connectivity index (χ1n) is 9.12. The summed E-state index contributed by atoms with van der Waals surface area (Å²) in [5, 5.41) is 12.9. The second-order valence-corrected chi connectivity index (χ2v) is 6.85. The average molecular weight is 407 g/mol. The molecule has 0 radical (unpaired) electrons. The first kappa shape index (κ1) is 19.3. The number of carbonyl (C=O) groups excluding carboxylic acids is 1. The number of aromatic nitrogens is 2. The van der Waals surface area contributed by atoms with Gasteiger partial charge in [0.1, 0.15) is 18.0 Å². The summed E-state index contributed by atoms with van der Waals surface area (Å²) in [7, 11) is 0. The van der Waals surface area contributed by atoms with Gasteiger partial charge in [-0.05, 0) is 36.8 Å². The van der Waals surface area contributed by atoms with Gasteiger partial charge in [-0.25, -0.2) is 14.2 Å². The summed E-state index contributed by atoms with van der Waals surface area (Å²) in [6.07, 6.45) is 2.26. The van der Waals surface area contributed by atoms with Gasteiger partial charge >= 0.3 is 5.97 Å². The van der Waals surface area contributed by atoms with Crippen LogP contribution in [-0.2, 0) is 4.79 Å². The van der Waals surface area contributed by atoms with Crippen molar-refractivity contribution in [1.29, 1.82) is 0 Å². The Morgan fingerprint density at radius 1 is 1.17 bits per heavy atom. The van der Waals surface area contributed by atoms with Crippen molar-refractivity contribution < 1.29 is 19.1 Å². The van der Waals surface area contributed by atoms with Crippen LogP contribution < -0.4 is 16.0 Å². The number of fused-ring (bicyclic) bond motifs is 1. The Morgan fingerprint density at radius 3 is 2.53 bits per heavy atom. The number of primary amides is 1. The van der Waals surface area contributed by atoms with Gasteiger partial charge in [-0.3, -0.25) is 9.78 Å². The molecule has 0 spiro atoms. The molecule has 4 N–H and O–H groups in total. The number of nitrogens with one attached hydrogen (secondary N) is 1. The van der Waals surface area contributed by atoms with Gasteiger partial charge < -0.3 is 21.1 Å². The van der Waals surface area contributed by atoms with Crippen molar-refractivity contribution in [3.63, 3.8) is 0 Å². The molecule has 2 atom stereocenters. The number of aromatic carboxylic acids is 1. The first-order valence-corrected chi connectivity index (χ1v) is 9.12. The lowest BCUT2D eigenvalue weighted by molar-refractivity contribution is -0.119. The molecule has 1 aromatic carbocycles. The topological polar surface area (TPSA) is 121 Å². The number of amides is 1. The molecular weight excluding hydrogens is 389 g/mol. The van der Waals surface area contributed by atoms with E-state index in [9.17, 15) is 19.1 Å². The van der Waals surface area contributed by atoms with Crippen LogP contribution in [0.4, 0.5) is 15.9 Å². The SMILES string of the molecule is Cc1ncccc1C(C(N)=O)N1c2c(C(=O)O)ccnc2NC1c1ccc(F)cc1. The maximum Gasteiger partial charge on any atom is 0.338 e. The van der Waals surface area contributed by atoms with Crippen LogP contribution in [-0.4, -0.2) is 27.0 Å². The molecule has 1 amide bonds. The van der Waals surface area contributed by atoms with Crippen LogP contribution in [0.1, 0.15) is 39.4 Å². The van der Waals surface area contributed by atoms with E-state index in [2.05, 4.69) is 15.3 Å². The Bertz CT molecular complexity index is 1140. The molecule has 2 aromatic heterocycles. The number of carboxylic acid groups (broad SMARTS) is 1. The Labute approximate surface area is 171 Å². The summed E-state index contributed by atoms with van der Waals surface area (Å²) in [6, 6.07) is 9.41. The number of hydrogen-bond acceptors (Lipinski definition) is 6. The number of pyridine rings is 2. The molecule has 3 heterocycles. The molecular formula is C21H18FN5O3. The van der Waals surface area contributed by atoms with E-state index in [-0.39, 0.29) is 17.1 Å². The highest BCUT2D eigenvalue weighted by molar-refractivity contribution is 6.01. The van der Waals surface area contributed by atoms with Crippen LogP contribution in [0, 0.1) is 12.7 Å².